The molecule has 8 heteroatoms. The van der Waals surface area contributed by atoms with Gasteiger partial charge < -0.3 is 9.84 Å². The first-order valence-corrected chi connectivity index (χ1v) is 8.11. The van der Waals surface area contributed by atoms with E-state index < -0.39 is 22.9 Å². The third kappa shape index (κ3) is 3.79. The molecule has 27 heavy (non-hydrogen) atoms. The highest BCUT2D eigenvalue weighted by Gasteiger charge is 2.14. The monoisotopic (exact) mass is 369 g/mol. The van der Waals surface area contributed by atoms with Gasteiger partial charge in [-0.1, -0.05) is 12.1 Å². The van der Waals surface area contributed by atoms with Gasteiger partial charge in [0.05, 0.1) is 12.3 Å². The molecule has 1 aromatic heterocycles. The van der Waals surface area contributed by atoms with Crippen molar-refractivity contribution < 1.29 is 14.2 Å². The number of hydrogen-bond donors (Lipinski definition) is 2. The minimum atomic E-state index is -0.851. The van der Waals surface area contributed by atoms with E-state index in [2.05, 4.69) is 9.98 Å². The number of aromatic nitrogens is 2. The molecule has 0 saturated heterocycles. The molecule has 7 nitrogen and oxygen atoms in total. The lowest BCUT2D eigenvalue weighted by Crippen LogP contribution is -2.31. The lowest BCUT2D eigenvalue weighted by Gasteiger charge is -2.09. The smallest absolute Gasteiger partial charge is 0.335 e. The third-order valence-electron chi connectivity index (χ3n) is 3.70. The molecule has 0 saturated carbocycles. The van der Waals surface area contributed by atoms with E-state index in [0.29, 0.717) is 18.0 Å². The zero-order valence-corrected chi connectivity index (χ0v) is 14.3. The number of benzene rings is 2. The molecule has 3 rings (SSSR count). The molecule has 0 bridgehead atoms. The number of aromatic hydroxyl groups is 1. The molecule has 0 atom stereocenters. The standard InChI is InChI=1S/C19H16FN3O4/c1-2-27-16-6-4-3-5-15(16)21-11-14-17(24)22-19(26)23(18(14)25)13-9-7-12(20)8-10-13/h3-11,25H,2H2,1H3,(H,22,24,26). The van der Waals surface area contributed by atoms with Gasteiger partial charge in [-0.2, -0.15) is 0 Å². The maximum absolute atomic E-state index is 13.1. The molecule has 0 unspecified atom stereocenters. The summed E-state index contributed by atoms with van der Waals surface area (Å²) in [4.78, 5) is 30.5. The topological polar surface area (TPSA) is 96.7 Å². The van der Waals surface area contributed by atoms with E-state index in [4.69, 9.17) is 4.74 Å². The van der Waals surface area contributed by atoms with Crippen molar-refractivity contribution >= 4 is 11.9 Å². The Bertz CT molecular complexity index is 1100. The van der Waals surface area contributed by atoms with Gasteiger partial charge in [0, 0.05) is 6.21 Å². The van der Waals surface area contributed by atoms with E-state index in [1.165, 1.54) is 12.1 Å². The van der Waals surface area contributed by atoms with Crippen molar-refractivity contribution in [3.05, 3.63) is 80.7 Å². The van der Waals surface area contributed by atoms with Crippen LogP contribution in [0.3, 0.4) is 0 Å². The molecule has 0 amide bonds. The van der Waals surface area contributed by atoms with E-state index in [9.17, 15) is 19.1 Å². The fourth-order valence-corrected chi connectivity index (χ4v) is 2.46. The van der Waals surface area contributed by atoms with E-state index in [-0.39, 0.29) is 11.3 Å². The van der Waals surface area contributed by atoms with Gasteiger partial charge in [-0.25, -0.2) is 13.8 Å². The van der Waals surface area contributed by atoms with Crippen LogP contribution in [0.5, 0.6) is 11.6 Å². The second kappa shape index (κ2) is 7.69. The largest absolute Gasteiger partial charge is 0.493 e. The summed E-state index contributed by atoms with van der Waals surface area (Å²) in [7, 11) is 0. The highest BCUT2D eigenvalue weighted by Crippen LogP contribution is 2.27. The number of halogens is 1. The Morgan fingerprint density at radius 1 is 1.19 bits per heavy atom. The number of aliphatic imine (C=N–C) groups is 1. The highest BCUT2D eigenvalue weighted by molar-refractivity contribution is 5.85. The SMILES string of the molecule is CCOc1ccccc1N=Cc1c(O)n(-c2ccc(F)cc2)c(=O)[nH]c1=O. The van der Waals surface area contributed by atoms with Crippen molar-refractivity contribution in [3.8, 4) is 17.3 Å². The van der Waals surface area contributed by atoms with E-state index in [0.717, 1.165) is 22.9 Å². The van der Waals surface area contributed by atoms with Crippen LogP contribution in [-0.4, -0.2) is 27.5 Å². The fraction of sp³-hybridized carbons (Fsp3) is 0.105. The van der Waals surface area contributed by atoms with Crippen molar-refractivity contribution in [2.45, 2.75) is 6.92 Å². The first-order valence-electron chi connectivity index (χ1n) is 8.11. The lowest BCUT2D eigenvalue weighted by molar-refractivity contribution is 0.341. The molecule has 0 aliphatic rings. The molecule has 2 N–H and O–H groups in total. The van der Waals surface area contributed by atoms with Gasteiger partial charge in [0.15, 0.2) is 0 Å². The van der Waals surface area contributed by atoms with Crippen LogP contribution in [0.25, 0.3) is 5.69 Å². The van der Waals surface area contributed by atoms with Gasteiger partial charge >= 0.3 is 5.69 Å². The molecule has 0 aliphatic heterocycles. The Morgan fingerprint density at radius 3 is 2.59 bits per heavy atom. The van der Waals surface area contributed by atoms with E-state index in [1.807, 2.05) is 6.92 Å². The Kier molecular flexibility index (Phi) is 5.16. The van der Waals surface area contributed by atoms with Crippen LogP contribution in [0, 0.1) is 5.82 Å². The molecule has 1 heterocycles. The van der Waals surface area contributed by atoms with Crippen molar-refractivity contribution in [2.24, 2.45) is 4.99 Å². The van der Waals surface area contributed by atoms with Crippen molar-refractivity contribution in [1.82, 2.24) is 9.55 Å². The number of para-hydroxylation sites is 2. The van der Waals surface area contributed by atoms with Gasteiger partial charge in [-0.05, 0) is 43.3 Å². The van der Waals surface area contributed by atoms with Crippen LogP contribution in [0.15, 0.2) is 63.1 Å². The first kappa shape index (κ1) is 18.1. The van der Waals surface area contributed by atoms with E-state index in [1.54, 1.807) is 24.3 Å². The zero-order chi connectivity index (χ0) is 19.4. The van der Waals surface area contributed by atoms with Crippen molar-refractivity contribution in [1.29, 1.82) is 0 Å². The normalized spacial score (nSPS) is 11.0. The quantitative estimate of drug-likeness (QED) is 0.676. The molecular formula is C19H16FN3O4. The molecule has 2 aromatic carbocycles. The Hall–Kier alpha value is -3.68. The van der Waals surface area contributed by atoms with Gasteiger partial charge in [-0.3, -0.25) is 14.8 Å². The zero-order valence-electron chi connectivity index (χ0n) is 14.3. The number of nitrogens with zero attached hydrogens (tertiary/aromatic N) is 2. The van der Waals surface area contributed by atoms with Crippen LogP contribution >= 0.6 is 0 Å². The molecule has 0 fully saturated rings. The summed E-state index contributed by atoms with van der Waals surface area (Å²) < 4.78 is 19.4. The number of H-pyrrole nitrogens is 1. The van der Waals surface area contributed by atoms with Crippen LogP contribution in [-0.2, 0) is 0 Å². The molecule has 0 spiro atoms. The van der Waals surface area contributed by atoms with Crippen LogP contribution < -0.4 is 16.0 Å². The number of nitrogens with one attached hydrogen (secondary N) is 1. The molecule has 0 radical (unpaired) electrons. The summed E-state index contributed by atoms with van der Waals surface area (Å²) >= 11 is 0. The van der Waals surface area contributed by atoms with Crippen LogP contribution in [0.4, 0.5) is 10.1 Å². The maximum Gasteiger partial charge on any atom is 0.335 e. The summed E-state index contributed by atoms with van der Waals surface area (Å²) in [6, 6.07) is 11.8. The summed E-state index contributed by atoms with van der Waals surface area (Å²) in [6.45, 7) is 2.27. The number of ether oxygens (including phenoxy) is 1. The Labute approximate surface area is 153 Å². The predicted octanol–water partition coefficient (Wildman–Crippen LogP) is 2.52. The number of rotatable bonds is 5. The predicted molar refractivity (Wildman–Crippen MR) is 99.1 cm³/mol. The van der Waals surface area contributed by atoms with Gasteiger partial charge in [0.25, 0.3) is 5.56 Å². The average Bonchev–Trinajstić information content (AvgIpc) is 2.64. The van der Waals surface area contributed by atoms with Gasteiger partial charge in [0.2, 0.25) is 5.88 Å². The second-order valence-corrected chi connectivity index (χ2v) is 5.47. The fourth-order valence-electron chi connectivity index (χ4n) is 2.46. The third-order valence-corrected chi connectivity index (χ3v) is 3.70. The summed E-state index contributed by atoms with van der Waals surface area (Å²) in [5, 5.41) is 10.5. The highest BCUT2D eigenvalue weighted by atomic mass is 19.1. The molecule has 0 aliphatic carbocycles. The van der Waals surface area contributed by atoms with Crippen LogP contribution in [0.1, 0.15) is 12.5 Å². The van der Waals surface area contributed by atoms with Crippen molar-refractivity contribution in [3.63, 3.8) is 0 Å². The minimum Gasteiger partial charge on any atom is -0.493 e. The van der Waals surface area contributed by atoms with Crippen molar-refractivity contribution in [2.75, 3.05) is 6.61 Å². The second-order valence-electron chi connectivity index (χ2n) is 5.47. The van der Waals surface area contributed by atoms with Gasteiger partial charge in [0.1, 0.15) is 22.8 Å². The van der Waals surface area contributed by atoms with Crippen LogP contribution in [0.2, 0.25) is 0 Å². The Morgan fingerprint density at radius 2 is 1.89 bits per heavy atom. The number of aromatic amines is 1. The van der Waals surface area contributed by atoms with Gasteiger partial charge in [-0.15, -0.1) is 0 Å². The summed E-state index contributed by atoms with van der Waals surface area (Å²) in [6.07, 6.45) is 1.14. The Balaban J connectivity index is 2.09. The minimum absolute atomic E-state index is 0.194. The average molecular weight is 369 g/mol. The maximum atomic E-state index is 13.1. The summed E-state index contributed by atoms with van der Waals surface area (Å²) in [5.74, 6) is -0.586. The number of hydrogen-bond acceptors (Lipinski definition) is 5. The van der Waals surface area contributed by atoms with E-state index >= 15 is 0 Å². The summed E-state index contributed by atoms with van der Waals surface area (Å²) in [5.41, 5.74) is -1.22. The molecule has 3 aromatic rings. The lowest BCUT2D eigenvalue weighted by atomic mass is 10.2. The molecular weight excluding hydrogens is 353 g/mol. The molecule has 138 valence electrons. The first-order chi connectivity index (χ1) is 13.0.